The van der Waals surface area contributed by atoms with Crippen molar-refractivity contribution in [1.82, 2.24) is 9.88 Å². The first-order valence-electron chi connectivity index (χ1n) is 9.54. The third-order valence-electron chi connectivity index (χ3n) is 5.38. The summed E-state index contributed by atoms with van der Waals surface area (Å²) < 4.78 is 1.24. The Kier molecular flexibility index (Phi) is 5.38. The van der Waals surface area contributed by atoms with Crippen LogP contribution in [0.1, 0.15) is 36.3 Å². The van der Waals surface area contributed by atoms with E-state index in [0.717, 1.165) is 31.4 Å². The molecule has 0 unspecified atom stereocenters. The second-order valence-electron chi connectivity index (χ2n) is 7.19. The van der Waals surface area contributed by atoms with E-state index in [1.165, 1.54) is 9.71 Å². The quantitative estimate of drug-likeness (QED) is 0.718. The van der Waals surface area contributed by atoms with Gasteiger partial charge in [-0.25, -0.2) is 4.98 Å². The first kappa shape index (κ1) is 18.6. The summed E-state index contributed by atoms with van der Waals surface area (Å²) in [5, 5.41) is 13.1. The van der Waals surface area contributed by atoms with Crippen LogP contribution in [0.15, 0.2) is 48.5 Å². The first-order valence-corrected chi connectivity index (χ1v) is 10.4. The smallest absolute Gasteiger partial charge is 0.241 e. The number of piperidine rings is 1. The van der Waals surface area contributed by atoms with E-state index in [2.05, 4.69) is 34.5 Å². The maximum absolute atomic E-state index is 12.6. The van der Waals surface area contributed by atoms with E-state index in [1.807, 2.05) is 19.1 Å². The fourth-order valence-corrected chi connectivity index (χ4v) is 4.81. The van der Waals surface area contributed by atoms with Crippen LogP contribution < -0.4 is 5.32 Å². The van der Waals surface area contributed by atoms with Crippen LogP contribution in [0.2, 0.25) is 0 Å². The molecule has 2 heterocycles. The Balaban J connectivity index is 1.36. The molecule has 1 saturated heterocycles. The van der Waals surface area contributed by atoms with Gasteiger partial charge < -0.3 is 5.32 Å². The van der Waals surface area contributed by atoms with Crippen LogP contribution in [0.25, 0.3) is 10.2 Å². The Morgan fingerprint density at radius 2 is 2.04 bits per heavy atom. The number of nitrogens with one attached hydrogen (secondary N) is 1. The molecular weight excluding hydrogens is 368 g/mol. The molecule has 142 valence electrons. The predicted molar refractivity (Wildman–Crippen MR) is 112 cm³/mol. The van der Waals surface area contributed by atoms with Crippen LogP contribution in [0.5, 0.6) is 0 Å². The number of hydrogen-bond acceptors (Lipinski definition) is 5. The Bertz CT molecular complexity index is 997. The van der Waals surface area contributed by atoms with Gasteiger partial charge in [0.05, 0.1) is 32.9 Å². The zero-order valence-electron chi connectivity index (χ0n) is 15.8. The molecule has 1 aliphatic heterocycles. The zero-order valence-corrected chi connectivity index (χ0v) is 16.6. The molecule has 0 radical (unpaired) electrons. The number of hydrogen-bond donors (Lipinski definition) is 1. The fraction of sp³-hybridized carbons (Fsp3) is 0.318. The van der Waals surface area contributed by atoms with Gasteiger partial charge in [0.15, 0.2) is 0 Å². The summed E-state index contributed by atoms with van der Waals surface area (Å²) in [5.41, 5.74) is 2.29. The summed E-state index contributed by atoms with van der Waals surface area (Å²) in [7, 11) is 0. The van der Waals surface area contributed by atoms with Gasteiger partial charge in [0, 0.05) is 11.6 Å². The molecule has 1 N–H and O–H groups in total. The molecule has 2 aromatic carbocycles. The number of fused-ring (bicyclic) bond motifs is 1. The maximum Gasteiger partial charge on any atom is 0.241 e. The number of aromatic nitrogens is 1. The van der Waals surface area contributed by atoms with Gasteiger partial charge in [-0.2, -0.15) is 5.26 Å². The van der Waals surface area contributed by atoms with E-state index < -0.39 is 0 Å². The molecule has 1 atom stereocenters. The molecule has 1 amide bonds. The SMILES string of the molecule is C[C@H](C(=O)Nc1cccc(C#N)c1)N1CCC(c2nc3ccccc3s2)CC1. The second-order valence-corrected chi connectivity index (χ2v) is 8.25. The standard InChI is InChI=1S/C22H22N4OS/c1-15(21(27)24-18-6-4-5-16(13-18)14-23)26-11-9-17(10-12-26)22-25-19-7-2-3-8-20(19)28-22/h2-8,13,15,17H,9-12H2,1H3,(H,24,27)/t15-/m1/s1. The predicted octanol–water partition coefficient (Wildman–Crippen LogP) is 4.37. The molecule has 0 saturated carbocycles. The highest BCUT2D eigenvalue weighted by Crippen LogP contribution is 2.34. The van der Waals surface area contributed by atoms with Crippen molar-refractivity contribution in [3.63, 3.8) is 0 Å². The highest BCUT2D eigenvalue weighted by molar-refractivity contribution is 7.18. The van der Waals surface area contributed by atoms with Gasteiger partial charge in [0.1, 0.15) is 0 Å². The van der Waals surface area contributed by atoms with Crippen LogP contribution in [-0.2, 0) is 4.79 Å². The van der Waals surface area contributed by atoms with Crippen LogP contribution in [0, 0.1) is 11.3 Å². The normalized spacial score (nSPS) is 16.6. The summed E-state index contributed by atoms with van der Waals surface area (Å²) in [4.78, 5) is 19.7. The van der Waals surface area contributed by atoms with Crippen molar-refractivity contribution in [1.29, 1.82) is 5.26 Å². The molecule has 0 spiro atoms. The fourth-order valence-electron chi connectivity index (χ4n) is 3.68. The molecular formula is C22H22N4OS. The van der Waals surface area contributed by atoms with Gasteiger partial charge in [-0.15, -0.1) is 11.3 Å². The molecule has 0 bridgehead atoms. The minimum Gasteiger partial charge on any atom is -0.325 e. The molecule has 5 nitrogen and oxygen atoms in total. The van der Waals surface area contributed by atoms with Crippen molar-refractivity contribution in [2.75, 3.05) is 18.4 Å². The highest BCUT2D eigenvalue weighted by atomic mass is 32.1. The van der Waals surface area contributed by atoms with Gasteiger partial charge in [0.25, 0.3) is 0 Å². The summed E-state index contributed by atoms with van der Waals surface area (Å²) in [6.45, 7) is 3.71. The molecule has 28 heavy (non-hydrogen) atoms. The van der Waals surface area contributed by atoms with E-state index in [-0.39, 0.29) is 11.9 Å². The van der Waals surface area contributed by atoms with Crippen LogP contribution in [0.4, 0.5) is 5.69 Å². The largest absolute Gasteiger partial charge is 0.325 e. The van der Waals surface area contributed by atoms with Gasteiger partial charge >= 0.3 is 0 Å². The number of amides is 1. The Morgan fingerprint density at radius 1 is 1.25 bits per heavy atom. The van der Waals surface area contributed by atoms with Crippen molar-refractivity contribution in [3.05, 3.63) is 59.1 Å². The van der Waals surface area contributed by atoms with Crippen molar-refractivity contribution in [3.8, 4) is 6.07 Å². The van der Waals surface area contributed by atoms with Gasteiger partial charge in [-0.3, -0.25) is 9.69 Å². The van der Waals surface area contributed by atoms with Gasteiger partial charge in [-0.1, -0.05) is 18.2 Å². The van der Waals surface area contributed by atoms with Crippen molar-refractivity contribution >= 4 is 33.1 Å². The number of thiazole rings is 1. The average molecular weight is 391 g/mol. The van der Waals surface area contributed by atoms with E-state index in [1.54, 1.807) is 29.5 Å². The first-order chi connectivity index (χ1) is 13.6. The zero-order chi connectivity index (χ0) is 19.5. The van der Waals surface area contributed by atoms with Gasteiger partial charge in [0.2, 0.25) is 5.91 Å². The number of carbonyl (C=O) groups excluding carboxylic acids is 1. The molecule has 6 heteroatoms. The topological polar surface area (TPSA) is 69.0 Å². The van der Waals surface area contributed by atoms with E-state index >= 15 is 0 Å². The van der Waals surface area contributed by atoms with Gasteiger partial charge in [-0.05, 0) is 63.2 Å². The Morgan fingerprint density at radius 3 is 2.79 bits per heavy atom. The number of benzene rings is 2. The number of likely N-dealkylation sites (tertiary alicyclic amines) is 1. The second kappa shape index (κ2) is 8.09. The summed E-state index contributed by atoms with van der Waals surface area (Å²) in [6, 6.07) is 17.2. The van der Waals surface area contributed by atoms with Crippen LogP contribution in [-0.4, -0.2) is 34.9 Å². The lowest BCUT2D eigenvalue weighted by molar-refractivity contribution is -0.121. The number of carbonyl (C=O) groups is 1. The van der Waals surface area contributed by atoms with Crippen molar-refractivity contribution < 1.29 is 4.79 Å². The van der Waals surface area contributed by atoms with Crippen molar-refractivity contribution in [2.24, 2.45) is 0 Å². The molecule has 1 aromatic heterocycles. The minimum absolute atomic E-state index is 0.0338. The average Bonchev–Trinajstić information content (AvgIpc) is 3.17. The summed E-state index contributed by atoms with van der Waals surface area (Å²) in [5.74, 6) is 0.435. The van der Waals surface area contributed by atoms with Crippen LogP contribution in [0.3, 0.4) is 0 Å². The third-order valence-corrected chi connectivity index (χ3v) is 6.57. The molecule has 3 aromatic rings. The van der Waals surface area contributed by atoms with E-state index in [9.17, 15) is 4.79 Å². The number of rotatable bonds is 4. The minimum atomic E-state index is -0.206. The lowest BCUT2D eigenvalue weighted by Gasteiger charge is -2.34. The monoisotopic (exact) mass is 390 g/mol. The van der Waals surface area contributed by atoms with Crippen molar-refractivity contribution in [2.45, 2.75) is 31.7 Å². The van der Waals surface area contributed by atoms with E-state index in [4.69, 9.17) is 10.2 Å². The maximum atomic E-state index is 12.6. The van der Waals surface area contributed by atoms with E-state index in [0.29, 0.717) is 17.2 Å². The number of nitrogens with zero attached hydrogens (tertiary/aromatic N) is 3. The number of anilines is 1. The lowest BCUT2D eigenvalue weighted by atomic mass is 9.96. The Labute approximate surface area is 168 Å². The summed E-state index contributed by atoms with van der Waals surface area (Å²) >= 11 is 1.79. The molecule has 1 aliphatic rings. The molecule has 4 rings (SSSR count). The third kappa shape index (κ3) is 3.91. The number of nitriles is 1. The Hall–Kier alpha value is -2.75. The molecule has 0 aliphatic carbocycles. The summed E-state index contributed by atoms with van der Waals surface area (Å²) in [6.07, 6.45) is 2.03. The lowest BCUT2D eigenvalue weighted by Crippen LogP contribution is -2.45. The van der Waals surface area contributed by atoms with Crippen LogP contribution >= 0.6 is 11.3 Å². The molecule has 1 fully saturated rings. The number of para-hydroxylation sites is 1. The highest BCUT2D eigenvalue weighted by Gasteiger charge is 2.28.